The first kappa shape index (κ1) is 64.6. The third kappa shape index (κ3) is 19.6. The number of primary sulfonamides is 1. The number of nitrogens with two attached hydrogens (primary N) is 1. The molecule has 21 nitrogen and oxygen atoms in total. The van der Waals surface area contributed by atoms with E-state index in [1.165, 1.54) is 129 Å². The van der Waals surface area contributed by atoms with Crippen LogP contribution in [0.3, 0.4) is 0 Å². The standard InChI is InChI=1S/C30H39ClN6O4S.C15H16ClN3O3.C15H25N3O2S/c1-29(2)12-10-21(19-29)5-4-16-32-24-8-6-22(20-33-24)42(39,40)36-28(38)23-7-9-25(34-27(23)31)37-17-11-26(35-37)41-18-15-30(3)13-14-30;1-15(5-6-15)7-9-22-12-4-8-19(18-12)11-3-2-10(14(20)21)13(16)17-11;1-15(2)8-7-12(10-15)4-3-9-17-14-6-5-13(11-18-14)21(16,19)20/h6-9,11,17,20-21H,4-5,10,12-16,18-19H2,1-3H3,(H,32,33)(H,36,38);2-4,8H,5-7,9H2,1H3,(H,20,21);5-6,11-12H,3-4,7-10H2,1-2H3,(H,17,18)(H2,16,19,20). The fraction of sp³-hybridized carbons (Fsp3) is 0.533. The summed E-state index contributed by atoms with van der Waals surface area (Å²) in [6.45, 7) is 16.7. The van der Waals surface area contributed by atoms with Crippen LogP contribution in [0.1, 0.15) is 165 Å². The van der Waals surface area contributed by atoms with Gasteiger partial charge in [0.2, 0.25) is 21.8 Å². The molecule has 4 aliphatic rings. The first-order valence-electron chi connectivity index (χ1n) is 29.1. The van der Waals surface area contributed by atoms with Crippen LogP contribution in [0, 0.1) is 33.5 Å². The van der Waals surface area contributed by atoms with Crippen LogP contribution in [0.25, 0.3) is 11.6 Å². The van der Waals surface area contributed by atoms with Gasteiger partial charge >= 0.3 is 5.97 Å². The van der Waals surface area contributed by atoms with Crippen molar-refractivity contribution in [1.29, 1.82) is 0 Å². The van der Waals surface area contributed by atoms with Crippen molar-refractivity contribution >= 4 is 66.8 Å². The maximum Gasteiger partial charge on any atom is 0.338 e. The molecule has 10 rings (SSSR count). The Morgan fingerprint density at radius 1 is 0.635 bits per heavy atom. The van der Waals surface area contributed by atoms with Crippen LogP contribution in [0.4, 0.5) is 11.6 Å². The molecule has 0 saturated heterocycles. The first-order valence-corrected chi connectivity index (χ1v) is 32.9. The number of halogens is 2. The fourth-order valence-corrected chi connectivity index (χ4v) is 12.4. The molecule has 6 aromatic heterocycles. The van der Waals surface area contributed by atoms with Crippen molar-refractivity contribution in [2.24, 2.45) is 38.6 Å². The number of carboxylic acid groups (broad SMARTS) is 1. The lowest BCUT2D eigenvalue weighted by atomic mass is 9.89. The van der Waals surface area contributed by atoms with Gasteiger partial charge < -0.3 is 25.2 Å². The summed E-state index contributed by atoms with van der Waals surface area (Å²) in [5.74, 6) is 2.68. The third-order valence-electron chi connectivity index (χ3n) is 16.5. The molecule has 0 radical (unpaired) electrons. The topological polar surface area (TPSA) is 290 Å². The SMILES string of the molecule is CC1(C)CCC(CCCNc2ccc(S(=O)(=O)NC(=O)c3ccc(-n4ccc(OCCC5(C)CC5)n4)nc3Cl)cn2)C1.CC1(C)CCC(CCCNc2ccc(S(N)(=O)=O)cn2)C1.CC1(CCOc2ccn(-c3ccc(C(=O)O)c(Cl)n3)n2)CC1. The Bertz CT molecular complexity index is 3480. The van der Waals surface area contributed by atoms with Crippen LogP contribution in [0.2, 0.25) is 10.3 Å². The lowest BCUT2D eigenvalue weighted by Gasteiger charge is -2.17. The van der Waals surface area contributed by atoms with Crippen molar-refractivity contribution in [3.63, 3.8) is 0 Å². The Morgan fingerprint density at radius 3 is 1.46 bits per heavy atom. The number of hydrogen-bond acceptors (Lipinski definition) is 16. The number of sulfonamides is 2. The van der Waals surface area contributed by atoms with Crippen molar-refractivity contribution in [1.82, 2.24) is 44.2 Å². The molecule has 0 aliphatic heterocycles. The normalized spacial score (nSPS) is 18.6. The Hall–Kier alpha value is -6.40. The van der Waals surface area contributed by atoms with Crippen LogP contribution in [-0.4, -0.2) is 99.6 Å². The van der Waals surface area contributed by atoms with Crippen molar-refractivity contribution in [3.8, 4) is 23.4 Å². The maximum absolute atomic E-state index is 12.9. The van der Waals surface area contributed by atoms with Crippen molar-refractivity contribution in [2.75, 3.05) is 36.9 Å². The van der Waals surface area contributed by atoms with E-state index in [0.29, 0.717) is 69.9 Å². The lowest BCUT2D eigenvalue weighted by Crippen LogP contribution is -2.31. The number of nitrogens with zero attached hydrogens (tertiary/aromatic N) is 8. The average molecular weight is 1250 g/mol. The van der Waals surface area contributed by atoms with Crippen LogP contribution in [0.5, 0.6) is 11.8 Å². The summed E-state index contributed by atoms with van der Waals surface area (Å²) in [4.78, 5) is 40.2. The van der Waals surface area contributed by atoms with E-state index in [-0.39, 0.29) is 31.2 Å². The predicted octanol–water partition coefficient (Wildman–Crippen LogP) is 12.0. The number of nitrogens with one attached hydrogen (secondary N) is 3. The molecule has 25 heteroatoms. The molecular weight excluding hydrogens is 1170 g/mol. The molecule has 0 aromatic carbocycles. The number of amides is 1. The average Bonchev–Trinajstić information content (AvgIpc) is 4.19. The summed E-state index contributed by atoms with van der Waals surface area (Å²) < 4.78 is 64.4. The Balaban J connectivity index is 0.000000183. The molecule has 1 amide bonds. The second-order valence-electron chi connectivity index (χ2n) is 25.3. The molecule has 6 aromatic rings. The molecule has 4 saturated carbocycles. The van der Waals surface area contributed by atoms with E-state index in [2.05, 4.69) is 82.3 Å². The van der Waals surface area contributed by atoms with Crippen molar-refractivity contribution < 1.29 is 41.0 Å². The first-order chi connectivity index (χ1) is 40.1. The summed E-state index contributed by atoms with van der Waals surface area (Å²) >= 11 is 12.1. The highest BCUT2D eigenvalue weighted by Crippen LogP contribution is 2.49. The number of ether oxygens (including phenoxy) is 2. The van der Waals surface area contributed by atoms with E-state index in [4.69, 9.17) is 42.9 Å². The molecule has 0 spiro atoms. The van der Waals surface area contributed by atoms with Crippen LogP contribution in [0.15, 0.2) is 95.2 Å². The van der Waals surface area contributed by atoms with Gasteiger partial charge in [0.15, 0.2) is 11.6 Å². The highest BCUT2D eigenvalue weighted by molar-refractivity contribution is 7.90. The second-order valence-corrected chi connectivity index (χ2v) is 29.2. The molecule has 6 N–H and O–H groups in total. The van der Waals surface area contributed by atoms with Crippen LogP contribution < -0.4 is 30.0 Å². The quantitative estimate of drug-likeness (QED) is 0.0263. The fourth-order valence-electron chi connectivity index (χ4n) is 10.6. The van der Waals surface area contributed by atoms with Gasteiger partial charge in [-0.05, 0) is 185 Å². The van der Waals surface area contributed by atoms with Gasteiger partial charge in [-0.15, -0.1) is 10.2 Å². The Morgan fingerprint density at radius 2 is 1.08 bits per heavy atom. The maximum atomic E-state index is 12.9. The highest BCUT2D eigenvalue weighted by Gasteiger charge is 2.38. The predicted molar refractivity (Wildman–Crippen MR) is 327 cm³/mol. The van der Waals surface area contributed by atoms with E-state index < -0.39 is 31.9 Å². The smallest absolute Gasteiger partial charge is 0.338 e. The number of rotatable bonds is 25. The summed E-state index contributed by atoms with van der Waals surface area (Å²) in [5, 5.41) is 28.8. The van der Waals surface area contributed by atoms with E-state index in [0.717, 1.165) is 50.6 Å². The minimum absolute atomic E-state index is 0.0354. The molecule has 6 heterocycles. The molecule has 2 atom stereocenters. The number of carboxylic acids is 1. The van der Waals surface area contributed by atoms with Crippen LogP contribution >= 0.6 is 23.2 Å². The third-order valence-corrected chi connectivity index (χ3v) is 19.3. The zero-order chi connectivity index (χ0) is 61.2. The monoisotopic (exact) mass is 1250 g/mol. The summed E-state index contributed by atoms with van der Waals surface area (Å²) in [5.41, 5.74) is 1.70. The van der Waals surface area contributed by atoms with Gasteiger partial charge in [0, 0.05) is 50.0 Å². The Labute approximate surface area is 509 Å². The molecule has 0 bridgehead atoms. The largest absolute Gasteiger partial charge is 0.478 e. The van der Waals surface area contributed by atoms with Gasteiger partial charge in [0.1, 0.15) is 31.7 Å². The van der Waals surface area contributed by atoms with Gasteiger partial charge in [-0.25, -0.2) is 60.8 Å². The van der Waals surface area contributed by atoms with Gasteiger partial charge in [0.25, 0.3) is 15.9 Å². The number of carbonyl (C=O) groups is 2. The van der Waals surface area contributed by atoms with Crippen molar-refractivity contribution in [2.45, 2.75) is 154 Å². The molecule has 460 valence electrons. The lowest BCUT2D eigenvalue weighted by molar-refractivity contribution is 0.0696. The number of pyridine rings is 4. The van der Waals surface area contributed by atoms with E-state index >= 15 is 0 Å². The number of hydrogen-bond donors (Lipinski definition) is 5. The van der Waals surface area contributed by atoms with Crippen molar-refractivity contribution in [3.05, 3.63) is 107 Å². The second kappa shape index (κ2) is 27.5. The van der Waals surface area contributed by atoms with E-state index in [1.54, 1.807) is 42.7 Å². The number of aromatic carboxylic acids is 1. The molecule has 85 heavy (non-hydrogen) atoms. The number of anilines is 2. The summed E-state index contributed by atoms with van der Waals surface area (Å²) in [7, 11) is -7.83. The number of aromatic nitrogens is 8. The molecule has 4 fully saturated rings. The van der Waals surface area contributed by atoms with E-state index in [9.17, 15) is 26.4 Å². The molecular formula is C60H80Cl2N12O9S2. The van der Waals surface area contributed by atoms with Gasteiger partial charge in [-0.1, -0.05) is 64.7 Å². The van der Waals surface area contributed by atoms with Gasteiger partial charge in [-0.3, -0.25) is 4.79 Å². The Kier molecular flexibility index (Phi) is 20.9. The summed E-state index contributed by atoms with van der Waals surface area (Å²) in [6, 6.07) is 15.5. The molecule has 4 aliphatic carbocycles. The molecule has 2 unspecified atom stereocenters. The minimum Gasteiger partial charge on any atom is -0.478 e. The summed E-state index contributed by atoms with van der Waals surface area (Å²) in [6.07, 6.45) is 25.3. The van der Waals surface area contributed by atoms with Gasteiger partial charge in [-0.2, -0.15) is 0 Å². The minimum atomic E-state index is -4.17. The van der Waals surface area contributed by atoms with E-state index in [1.807, 2.05) is 4.72 Å². The number of carbonyl (C=O) groups excluding carboxylic acids is 1. The zero-order valence-electron chi connectivity index (χ0n) is 49.3. The van der Waals surface area contributed by atoms with Crippen LogP contribution in [-0.2, 0) is 20.0 Å². The van der Waals surface area contributed by atoms with Gasteiger partial charge in [0.05, 0.1) is 24.3 Å². The zero-order valence-corrected chi connectivity index (χ0v) is 52.5. The highest BCUT2D eigenvalue weighted by atomic mass is 35.5.